The van der Waals surface area contributed by atoms with Crippen molar-refractivity contribution >= 4 is 59.1 Å². The molecule has 1 aliphatic rings. The number of nitrogens with zero attached hydrogens (tertiary/aromatic N) is 2. The molecule has 0 aliphatic heterocycles. The predicted molar refractivity (Wildman–Crippen MR) is 106 cm³/mol. The Morgan fingerprint density at radius 3 is 2.50 bits per heavy atom. The molecular formula is C16H16Br2N2O5S. The van der Waals surface area contributed by atoms with E-state index >= 15 is 0 Å². The van der Waals surface area contributed by atoms with Crippen LogP contribution in [0, 0.1) is 16.0 Å². The fourth-order valence-electron chi connectivity index (χ4n) is 2.39. The first-order valence-electron chi connectivity index (χ1n) is 7.56. The highest BCUT2D eigenvalue weighted by atomic mass is 79.9. The number of non-ortho nitro benzene ring substituents is 1. The van der Waals surface area contributed by atoms with Gasteiger partial charge in [0.25, 0.3) is 15.7 Å². The van der Waals surface area contributed by atoms with Gasteiger partial charge in [0.2, 0.25) is 0 Å². The summed E-state index contributed by atoms with van der Waals surface area (Å²) in [5, 5.41) is 10.9. The third kappa shape index (κ3) is 3.96. The summed E-state index contributed by atoms with van der Waals surface area (Å²) in [5.41, 5.74) is 0.259. The minimum absolute atomic E-state index is 0.114. The smallest absolute Gasteiger partial charge is 0.282 e. The molecule has 0 N–H and O–H groups in total. The molecule has 2 unspecified atom stereocenters. The molecule has 0 amide bonds. The second kappa shape index (κ2) is 7.32. The van der Waals surface area contributed by atoms with Crippen LogP contribution >= 0.6 is 31.9 Å². The largest absolute Gasteiger partial charge is 0.293 e. The molecule has 7 nitrogen and oxygen atoms in total. The second-order valence-electron chi connectivity index (χ2n) is 6.26. The number of hydrogen-bond acceptors (Lipinski definition) is 5. The SMILES string of the molecule is CC(C)C1=C/C(=N\S(=O)(=O)c2cccc([N+](=O)[O-])c2)C(C)(Br)C(Br)C1=O. The van der Waals surface area contributed by atoms with E-state index in [9.17, 15) is 23.3 Å². The molecule has 0 radical (unpaired) electrons. The number of nitro groups is 1. The van der Waals surface area contributed by atoms with Gasteiger partial charge in [0.05, 0.1) is 24.7 Å². The minimum Gasteiger partial charge on any atom is -0.293 e. The number of halogens is 2. The summed E-state index contributed by atoms with van der Waals surface area (Å²) >= 11 is 6.71. The van der Waals surface area contributed by atoms with Crippen LogP contribution in [-0.2, 0) is 14.8 Å². The van der Waals surface area contributed by atoms with Gasteiger partial charge in [-0.25, -0.2) is 0 Å². The molecule has 0 saturated heterocycles. The molecule has 1 aromatic rings. The van der Waals surface area contributed by atoms with Crippen molar-refractivity contribution in [3.8, 4) is 0 Å². The van der Waals surface area contributed by atoms with Crippen LogP contribution in [0.3, 0.4) is 0 Å². The van der Waals surface area contributed by atoms with Crippen LogP contribution in [-0.4, -0.2) is 34.0 Å². The molecule has 26 heavy (non-hydrogen) atoms. The first kappa shape index (κ1) is 20.9. The second-order valence-corrected chi connectivity index (χ2v) is 10.4. The fourth-order valence-corrected chi connectivity index (χ4v) is 4.54. The Morgan fingerprint density at radius 1 is 1.35 bits per heavy atom. The van der Waals surface area contributed by atoms with E-state index < -0.39 is 24.1 Å². The molecule has 1 aromatic carbocycles. The monoisotopic (exact) mass is 506 g/mol. The molecule has 0 aromatic heterocycles. The molecule has 0 spiro atoms. The van der Waals surface area contributed by atoms with Crippen LogP contribution in [0.25, 0.3) is 0 Å². The molecule has 0 saturated carbocycles. The minimum atomic E-state index is -4.20. The maximum Gasteiger partial charge on any atom is 0.282 e. The van der Waals surface area contributed by atoms with Gasteiger partial charge in [-0.1, -0.05) is 51.8 Å². The number of benzene rings is 1. The number of carbonyl (C=O) groups is 1. The van der Waals surface area contributed by atoms with Crippen molar-refractivity contribution < 1.29 is 18.1 Å². The maximum absolute atomic E-state index is 12.7. The van der Waals surface area contributed by atoms with Gasteiger partial charge in [-0.3, -0.25) is 14.9 Å². The highest BCUT2D eigenvalue weighted by Crippen LogP contribution is 2.38. The third-order valence-electron chi connectivity index (χ3n) is 3.95. The normalized spacial score (nSPS) is 25.5. The van der Waals surface area contributed by atoms with E-state index in [4.69, 9.17) is 0 Å². The highest BCUT2D eigenvalue weighted by molar-refractivity contribution is 9.13. The van der Waals surface area contributed by atoms with Crippen molar-refractivity contribution in [2.75, 3.05) is 0 Å². The van der Waals surface area contributed by atoms with E-state index in [1.54, 1.807) is 6.92 Å². The molecular weight excluding hydrogens is 492 g/mol. The number of Topliss-reactive ketones (excluding diaryl/α,β-unsaturated/α-hetero) is 1. The van der Waals surface area contributed by atoms with E-state index in [1.807, 2.05) is 13.8 Å². The summed E-state index contributed by atoms with van der Waals surface area (Å²) in [6.07, 6.45) is 1.47. The summed E-state index contributed by atoms with van der Waals surface area (Å²) in [4.78, 5) is 21.7. The Balaban J connectivity index is 2.63. The van der Waals surface area contributed by atoms with Crippen LogP contribution in [0.4, 0.5) is 5.69 Å². The number of carbonyl (C=O) groups excluding carboxylic acids is 1. The molecule has 2 atom stereocenters. The van der Waals surface area contributed by atoms with E-state index in [-0.39, 0.29) is 28.0 Å². The first-order valence-corrected chi connectivity index (χ1v) is 10.7. The Hall–Kier alpha value is -1.39. The summed E-state index contributed by atoms with van der Waals surface area (Å²) in [6, 6.07) is 4.68. The van der Waals surface area contributed by atoms with Crippen LogP contribution in [0.5, 0.6) is 0 Å². The number of hydrogen-bond donors (Lipinski definition) is 0. The number of allylic oxidation sites excluding steroid dienone is 2. The molecule has 0 bridgehead atoms. The van der Waals surface area contributed by atoms with E-state index in [1.165, 1.54) is 24.3 Å². The zero-order valence-electron chi connectivity index (χ0n) is 14.1. The highest BCUT2D eigenvalue weighted by Gasteiger charge is 2.45. The predicted octanol–water partition coefficient (Wildman–Crippen LogP) is 3.81. The van der Waals surface area contributed by atoms with Gasteiger partial charge in [-0.05, 0) is 25.0 Å². The van der Waals surface area contributed by atoms with Crippen molar-refractivity contribution in [1.82, 2.24) is 0 Å². The average Bonchev–Trinajstić information content (AvgIpc) is 2.55. The number of nitro benzene ring substituents is 1. The van der Waals surface area contributed by atoms with Crippen molar-refractivity contribution in [3.05, 3.63) is 46.0 Å². The standard InChI is InChI=1S/C16H16Br2N2O5S/c1-9(2)12-8-13(16(3,18)15(17)14(12)21)19-26(24,25)11-6-4-5-10(7-11)20(22)23/h4-9,15H,1-3H3/b19-13+. The van der Waals surface area contributed by atoms with Crippen LogP contribution in [0.1, 0.15) is 20.8 Å². The van der Waals surface area contributed by atoms with E-state index in [0.717, 1.165) is 6.07 Å². The Morgan fingerprint density at radius 2 is 1.96 bits per heavy atom. The van der Waals surface area contributed by atoms with Gasteiger partial charge in [-0.15, -0.1) is 0 Å². The topological polar surface area (TPSA) is 107 Å². The van der Waals surface area contributed by atoms with E-state index in [2.05, 4.69) is 36.3 Å². The quantitative estimate of drug-likeness (QED) is 0.350. The number of sulfonamides is 1. The van der Waals surface area contributed by atoms with Crippen LogP contribution in [0.2, 0.25) is 0 Å². The lowest BCUT2D eigenvalue weighted by molar-refractivity contribution is -0.385. The van der Waals surface area contributed by atoms with E-state index in [0.29, 0.717) is 5.57 Å². The van der Waals surface area contributed by atoms with Gasteiger partial charge < -0.3 is 0 Å². The average molecular weight is 508 g/mol. The van der Waals surface area contributed by atoms with Crippen molar-refractivity contribution in [3.63, 3.8) is 0 Å². The third-order valence-corrected chi connectivity index (χ3v) is 8.05. The molecule has 0 fully saturated rings. The Bertz CT molecular complexity index is 936. The van der Waals surface area contributed by atoms with Gasteiger partial charge in [0, 0.05) is 17.7 Å². The lowest BCUT2D eigenvalue weighted by atomic mass is 9.83. The van der Waals surface area contributed by atoms with Gasteiger partial charge >= 0.3 is 0 Å². The zero-order valence-corrected chi connectivity index (χ0v) is 18.1. The van der Waals surface area contributed by atoms with Gasteiger partial charge in [-0.2, -0.15) is 12.8 Å². The molecule has 2 rings (SSSR count). The van der Waals surface area contributed by atoms with Crippen molar-refractivity contribution in [2.45, 2.75) is 34.8 Å². The maximum atomic E-state index is 12.7. The summed E-state index contributed by atoms with van der Waals surface area (Å²) in [6.45, 7) is 5.29. The first-order chi connectivity index (χ1) is 11.9. The number of alkyl halides is 2. The Kier molecular flexibility index (Phi) is 5.89. The van der Waals surface area contributed by atoms with Crippen molar-refractivity contribution in [1.29, 1.82) is 0 Å². The molecule has 140 valence electrons. The van der Waals surface area contributed by atoms with Crippen LogP contribution < -0.4 is 0 Å². The lowest BCUT2D eigenvalue weighted by Gasteiger charge is -2.33. The summed E-state index contributed by atoms with van der Waals surface area (Å²) in [7, 11) is -4.20. The Labute approximate surface area is 168 Å². The number of ketones is 1. The fraction of sp³-hybridized carbons (Fsp3) is 0.375. The van der Waals surface area contributed by atoms with Crippen molar-refractivity contribution in [2.24, 2.45) is 10.3 Å². The zero-order chi connectivity index (χ0) is 19.9. The van der Waals surface area contributed by atoms with Gasteiger partial charge in [0.15, 0.2) is 5.78 Å². The summed E-state index contributed by atoms with van der Waals surface area (Å²) in [5.74, 6) is -0.261. The number of rotatable bonds is 4. The lowest BCUT2D eigenvalue weighted by Crippen LogP contribution is -2.47. The molecule has 10 heteroatoms. The molecule has 1 aliphatic carbocycles. The summed E-state index contributed by atoms with van der Waals surface area (Å²) < 4.78 is 28.2. The molecule has 0 heterocycles. The van der Waals surface area contributed by atoms with Gasteiger partial charge in [0.1, 0.15) is 0 Å². The van der Waals surface area contributed by atoms with Crippen LogP contribution in [0.15, 0.2) is 45.2 Å².